The summed E-state index contributed by atoms with van der Waals surface area (Å²) in [7, 11) is 1.59. The number of ether oxygens (including phenoxy) is 1. The average molecular weight is 477 g/mol. The molecule has 2 heterocycles. The molecule has 4 rings (SSSR count). The predicted octanol–water partition coefficient (Wildman–Crippen LogP) is 5.67. The van der Waals surface area contributed by atoms with Crippen LogP contribution in [0.4, 0.5) is 5.69 Å². The van der Waals surface area contributed by atoms with E-state index in [-0.39, 0.29) is 16.7 Å². The zero-order valence-electron chi connectivity index (χ0n) is 19.4. The van der Waals surface area contributed by atoms with Gasteiger partial charge in [-0.1, -0.05) is 44.5 Å². The number of methoxy groups -OCH3 is 1. The third kappa shape index (κ3) is 4.17. The van der Waals surface area contributed by atoms with Gasteiger partial charge in [0.1, 0.15) is 17.6 Å². The largest absolute Gasteiger partial charge is 0.507 e. The van der Waals surface area contributed by atoms with E-state index in [2.05, 4.69) is 4.98 Å². The Morgan fingerprint density at radius 2 is 1.82 bits per heavy atom. The molecule has 0 saturated carbocycles. The molecule has 2 aromatic carbocycles. The number of benzene rings is 2. The molecule has 1 fully saturated rings. The van der Waals surface area contributed by atoms with E-state index in [1.54, 1.807) is 74.0 Å². The standard InChI is InChI=1S/C27H25ClN2O4/c1-27(2,3)19-14-16(11-12-21(19)34-4)24(31)22-23(20-10-5-6-13-29-20)30(26(33)25(22)32)18-9-7-8-17(28)15-18/h5-15,23,31H,1-4H3/b24-22-. The van der Waals surface area contributed by atoms with Gasteiger partial charge in [0.05, 0.1) is 18.4 Å². The van der Waals surface area contributed by atoms with Crippen LogP contribution in [0.5, 0.6) is 5.75 Å². The summed E-state index contributed by atoms with van der Waals surface area (Å²) in [6.07, 6.45) is 1.58. The van der Waals surface area contributed by atoms with Crippen LogP contribution in [0.2, 0.25) is 5.02 Å². The number of halogens is 1. The van der Waals surface area contributed by atoms with Gasteiger partial charge in [0.25, 0.3) is 11.7 Å². The first-order chi connectivity index (χ1) is 16.1. The van der Waals surface area contributed by atoms with Crippen LogP contribution in [0.1, 0.15) is 43.6 Å². The number of aromatic nitrogens is 1. The molecular weight excluding hydrogens is 452 g/mol. The maximum absolute atomic E-state index is 13.3. The zero-order chi connectivity index (χ0) is 24.6. The van der Waals surface area contributed by atoms with Gasteiger partial charge in [-0.2, -0.15) is 0 Å². The fourth-order valence-corrected chi connectivity index (χ4v) is 4.32. The van der Waals surface area contributed by atoms with Crippen molar-refractivity contribution in [1.29, 1.82) is 0 Å². The predicted molar refractivity (Wildman–Crippen MR) is 132 cm³/mol. The van der Waals surface area contributed by atoms with E-state index in [4.69, 9.17) is 16.3 Å². The van der Waals surface area contributed by atoms with Crippen molar-refractivity contribution in [1.82, 2.24) is 4.98 Å². The monoisotopic (exact) mass is 476 g/mol. The van der Waals surface area contributed by atoms with Gasteiger partial charge in [0.15, 0.2) is 0 Å². The second-order valence-electron chi connectivity index (χ2n) is 9.07. The van der Waals surface area contributed by atoms with Gasteiger partial charge in [0, 0.05) is 28.0 Å². The molecule has 1 unspecified atom stereocenters. The Labute approximate surface area is 203 Å². The van der Waals surface area contributed by atoms with Crippen LogP contribution in [-0.2, 0) is 15.0 Å². The summed E-state index contributed by atoms with van der Waals surface area (Å²) < 4.78 is 5.50. The second kappa shape index (κ2) is 8.95. The minimum atomic E-state index is -0.917. The number of Topliss-reactive ketones (excluding diaryl/α,β-unsaturated/α-hetero) is 1. The SMILES string of the molecule is COc1ccc(/C(O)=C2/C(=O)C(=O)N(c3cccc(Cl)c3)C2c2ccccn2)cc1C(C)(C)C. The highest BCUT2D eigenvalue weighted by Gasteiger charge is 2.47. The molecule has 1 aromatic heterocycles. The summed E-state index contributed by atoms with van der Waals surface area (Å²) in [5.74, 6) is -1.15. The van der Waals surface area contributed by atoms with Crippen molar-refractivity contribution in [3.05, 3.63) is 94.3 Å². The maximum atomic E-state index is 13.3. The first-order valence-corrected chi connectivity index (χ1v) is 11.2. The first-order valence-electron chi connectivity index (χ1n) is 10.8. The molecule has 1 saturated heterocycles. The number of hydrogen-bond donors (Lipinski definition) is 1. The van der Waals surface area contributed by atoms with E-state index < -0.39 is 17.7 Å². The average Bonchev–Trinajstić information content (AvgIpc) is 3.08. The normalized spacial score (nSPS) is 17.8. The minimum absolute atomic E-state index is 0.0336. The lowest BCUT2D eigenvalue weighted by molar-refractivity contribution is -0.132. The number of carbonyl (C=O) groups excluding carboxylic acids is 2. The third-order valence-electron chi connectivity index (χ3n) is 5.78. The van der Waals surface area contributed by atoms with Crippen LogP contribution in [-0.4, -0.2) is 28.9 Å². The van der Waals surface area contributed by atoms with E-state index in [1.165, 1.54) is 4.90 Å². The Kier molecular flexibility index (Phi) is 6.19. The molecule has 1 aliphatic rings. The quantitative estimate of drug-likeness (QED) is 0.298. The lowest BCUT2D eigenvalue weighted by Gasteiger charge is -2.25. The highest BCUT2D eigenvalue weighted by molar-refractivity contribution is 6.51. The van der Waals surface area contributed by atoms with E-state index in [9.17, 15) is 14.7 Å². The van der Waals surface area contributed by atoms with Gasteiger partial charge in [-0.25, -0.2) is 0 Å². The van der Waals surface area contributed by atoms with Crippen molar-refractivity contribution < 1.29 is 19.4 Å². The van der Waals surface area contributed by atoms with E-state index in [0.717, 1.165) is 5.56 Å². The third-order valence-corrected chi connectivity index (χ3v) is 6.01. The summed E-state index contributed by atoms with van der Waals surface area (Å²) in [4.78, 5) is 32.2. The summed E-state index contributed by atoms with van der Waals surface area (Å²) in [6, 6.07) is 16.2. The molecule has 3 aromatic rings. The molecule has 1 amide bonds. The number of rotatable bonds is 4. The van der Waals surface area contributed by atoms with Crippen molar-refractivity contribution in [3.8, 4) is 5.75 Å². The molecule has 0 aliphatic carbocycles. The molecule has 1 aliphatic heterocycles. The van der Waals surface area contributed by atoms with Crippen LogP contribution >= 0.6 is 11.6 Å². The first kappa shape index (κ1) is 23.5. The van der Waals surface area contributed by atoms with Crippen molar-refractivity contribution in [2.45, 2.75) is 32.2 Å². The number of pyridine rings is 1. The van der Waals surface area contributed by atoms with Crippen LogP contribution in [0, 0.1) is 0 Å². The van der Waals surface area contributed by atoms with Crippen LogP contribution < -0.4 is 9.64 Å². The van der Waals surface area contributed by atoms with Crippen LogP contribution in [0.15, 0.2) is 72.4 Å². The summed E-state index contributed by atoms with van der Waals surface area (Å²) in [5, 5.41) is 11.8. The summed E-state index contributed by atoms with van der Waals surface area (Å²) in [5.41, 5.74) is 1.85. The van der Waals surface area contributed by atoms with Gasteiger partial charge >= 0.3 is 0 Å². The van der Waals surface area contributed by atoms with Gasteiger partial charge in [0.2, 0.25) is 0 Å². The molecule has 0 bridgehead atoms. The maximum Gasteiger partial charge on any atom is 0.300 e. The van der Waals surface area contributed by atoms with Crippen molar-refractivity contribution in [2.75, 3.05) is 12.0 Å². The highest BCUT2D eigenvalue weighted by Crippen LogP contribution is 2.43. The van der Waals surface area contributed by atoms with Gasteiger partial charge in [-0.15, -0.1) is 0 Å². The molecule has 6 nitrogen and oxygen atoms in total. The molecule has 7 heteroatoms. The Hall–Kier alpha value is -3.64. The number of hydrogen-bond acceptors (Lipinski definition) is 5. The molecule has 34 heavy (non-hydrogen) atoms. The molecular formula is C27H25ClN2O4. The Bertz CT molecular complexity index is 1300. The molecule has 0 spiro atoms. The number of amides is 1. The summed E-state index contributed by atoms with van der Waals surface area (Å²) in [6.45, 7) is 6.09. The Morgan fingerprint density at radius 1 is 1.06 bits per heavy atom. The Balaban J connectivity index is 1.95. The van der Waals surface area contributed by atoms with Crippen molar-refractivity contribution >= 4 is 34.7 Å². The number of nitrogens with zero attached hydrogens (tertiary/aromatic N) is 2. The number of ketones is 1. The Morgan fingerprint density at radius 3 is 2.44 bits per heavy atom. The minimum Gasteiger partial charge on any atom is -0.507 e. The number of aliphatic hydroxyl groups is 1. The summed E-state index contributed by atoms with van der Waals surface area (Å²) >= 11 is 6.17. The van der Waals surface area contributed by atoms with Crippen molar-refractivity contribution in [2.24, 2.45) is 0 Å². The fourth-order valence-electron chi connectivity index (χ4n) is 4.14. The van der Waals surface area contributed by atoms with Crippen LogP contribution in [0.3, 0.4) is 0 Å². The topological polar surface area (TPSA) is 79.7 Å². The lowest BCUT2D eigenvalue weighted by Crippen LogP contribution is -2.29. The zero-order valence-corrected chi connectivity index (χ0v) is 20.1. The number of anilines is 1. The van der Waals surface area contributed by atoms with E-state index in [1.807, 2.05) is 20.8 Å². The van der Waals surface area contributed by atoms with Gasteiger partial charge < -0.3 is 9.84 Å². The second-order valence-corrected chi connectivity index (χ2v) is 9.51. The van der Waals surface area contributed by atoms with E-state index >= 15 is 0 Å². The number of carbonyl (C=O) groups is 2. The smallest absolute Gasteiger partial charge is 0.300 e. The van der Waals surface area contributed by atoms with Crippen molar-refractivity contribution in [3.63, 3.8) is 0 Å². The highest BCUT2D eigenvalue weighted by atomic mass is 35.5. The molecule has 0 radical (unpaired) electrons. The molecule has 174 valence electrons. The lowest BCUT2D eigenvalue weighted by atomic mass is 9.84. The van der Waals surface area contributed by atoms with Crippen LogP contribution in [0.25, 0.3) is 5.76 Å². The van der Waals surface area contributed by atoms with Gasteiger partial charge in [-0.3, -0.25) is 19.5 Å². The fraction of sp³-hybridized carbons (Fsp3) is 0.222. The van der Waals surface area contributed by atoms with Gasteiger partial charge in [-0.05, 0) is 53.9 Å². The molecule has 1 N–H and O–H groups in total. The number of aliphatic hydroxyl groups excluding tert-OH is 1. The van der Waals surface area contributed by atoms with E-state index in [0.29, 0.717) is 27.7 Å². The molecule has 1 atom stereocenters.